The van der Waals surface area contributed by atoms with E-state index < -0.39 is 11.4 Å². The zero-order valence-electron chi connectivity index (χ0n) is 20.9. The van der Waals surface area contributed by atoms with Gasteiger partial charge in [-0.2, -0.15) is 10.2 Å². The third-order valence-electron chi connectivity index (χ3n) is 7.27. The summed E-state index contributed by atoms with van der Waals surface area (Å²) in [6, 6.07) is 5.55. The highest BCUT2D eigenvalue weighted by Crippen LogP contribution is 2.43. The van der Waals surface area contributed by atoms with Crippen molar-refractivity contribution < 1.29 is 14.6 Å². The number of pyridine rings is 1. The molecule has 4 N–H and O–H groups in total. The lowest BCUT2D eigenvalue weighted by Gasteiger charge is -2.35. The van der Waals surface area contributed by atoms with Gasteiger partial charge in [0.1, 0.15) is 11.2 Å². The minimum Gasteiger partial charge on any atom is -0.495 e. The molecule has 194 valence electrons. The molecule has 1 fully saturated rings. The highest BCUT2D eigenvalue weighted by atomic mass is 35.5. The summed E-state index contributed by atoms with van der Waals surface area (Å²) in [5.74, 6) is 0.217. The van der Waals surface area contributed by atoms with E-state index in [4.69, 9.17) is 27.1 Å². The van der Waals surface area contributed by atoms with E-state index in [0.717, 1.165) is 34.9 Å². The van der Waals surface area contributed by atoms with Gasteiger partial charge in [0, 0.05) is 36.1 Å². The topological polar surface area (TPSA) is 141 Å². The van der Waals surface area contributed by atoms with Crippen molar-refractivity contribution in [2.75, 3.05) is 12.4 Å². The molecule has 0 amide bonds. The minimum atomic E-state index is -1.17. The number of benzene rings is 1. The van der Waals surface area contributed by atoms with Crippen LogP contribution in [-0.4, -0.2) is 49.2 Å². The Bertz CT molecular complexity index is 1460. The Morgan fingerprint density at radius 2 is 2.05 bits per heavy atom. The lowest BCUT2D eigenvalue weighted by molar-refractivity contribution is -0.145. The third kappa shape index (κ3) is 4.44. The fourth-order valence-corrected chi connectivity index (χ4v) is 5.49. The van der Waals surface area contributed by atoms with Gasteiger partial charge in [-0.3, -0.25) is 4.79 Å². The van der Waals surface area contributed by atoms with Crippen molar-refractivity contribution in [1.82, 2.24) is 25.0 Å². The Balaban J connectivity index is 1.65. The first-order valence-electron chi connectivity index (χ1n) is 12.4. The van der Waals surface area contributed by atoms with Crippen molar-refractivity contribution in [3.63, 3.8) is 0 Å². The molecule has 3 aromatic heterocycles. The van der Waals surface area contributed by atoms with Crippen LogP contribution in [0.3, 0.4) is 0 Å². The number of nitrogens with one attached hydrogen (secondary N) is 1. The predicted molar refractivity (Wildman–Crippen MR) is 142 cm³/mol. The zero-order valence-corrected chi connectivity index (χ0v) is 21.6. The molecule has 3 heterocycles. The summed E-state index contributed by atoms with van der Waals surface area (Å²) < 4.78 is 7.11. The maximum atomic E-state index is 12.7. The van der Waals surface area contributed by atoms with Crippen molar-refractivity contribution in [2.24, 2.45) is 5.73 Å². The van der Waals surface area contributed by atoms with Gasteiger partial charge in [-0.25, -0.2) is 9.67 Å². The van der Waals surface area contributed by atoms with Gasteiger partial charge in [0.2, 0.25) is 0 Å². The summed E-state index contributed by atoms with van der Waals surface area (Å²) in [6.07, 6.45) is 6.41. The second-order valence-corrected chi connectivity index (χ2v) is 10.0. The molecular weight excluding hydrogens is 494 g/mol. The Kier molecular flexibility index (Phi) is 6.87. The molecule has 1 aromatic carbocycles. The van der Waals surface area contributed by atoms with Crippen LogP contribution in [0, 0.1) is 0 Å². The molecule has 0 aliphatic heterocycles. The molecule has 0 bridgehead atoms. The van der Waals surface area contributed by atoms with Crippen LogP contribution in [-0.2, 0) is 23.3 Å². The van der Waals surface area contributed by atoms with Crippen LogP contribution in [0.1, 0.15) is 50.3 Å². The molecule has 37 heavy (non-hydrogen) atoms. The number of aromatic nitrogens is 5. The van der Waals surface area contributed by atoms with E-state index in [9.17, 15) is 9.90 Å². The smallest absolute Gasteiger partial charge is 0.315 e. The van der Waals surface area contributed by atoms with E-state index in [1.807, 2.05) is 22.9 Å². The summed E-state index contributed by atoms with van der Waals surface area (Å²) in [6.45, 7) is 3.23. The standard InChI is InChI=1S/C26H30ClN7O3/c1-3-10-34-24-18(14-31-34)21-17(13-30-24)22(26(25(35)36)8-6-16(28)7-9-26)32-33-23(21)29-12-15-4-5-20(37-2)19(27)11-15/h4-5,11,13-14,16H,3,6-10,12,28H2,1-2H3,(H,29,33)(H,35,36). The molecule has 0 atom stereocenters. The average molecular weight is 524 g/mol. The zero-order chi connectivity index (χ0) is 26.2. The molecule has 0 radical (unpaired) electrons. The first kappa shape index (κ1) is 25.2. The van der Waals surface area contributed by atoms with E-state index in [0.29, 0.717) is 59.9 Å². The van der Waals surface area contributed by atoms with Gasteiger partial charge in [0.25, 0.3) is 0 Å². The van der Waals surface area contributed by atoms with E-state index >= 15 is 0 Å². The van der Waals surface area contributed by atoms with Crippen molar-refractivity contribution in [3.05, 3.63) is 46.9 Å². The normalized spacial score (nSPS) is 19.8. The molecule has 1 aliphatic carbocycles. The molecule has 10 nitrogen and oxygen atoms in total. The van der Waals surface area contributed by atoms with Crippen LogP contribution >= 0.6 is 11.6 Å². The highest BCUT2D eigenvalue weighted by molar-refractivity contribution is 6.32. The van der Waals surface area contributed by atoms with E-state index in [1.165, 1.54) is 0 Å². The van der Waals surface area contributed by atoms with E-state index in [-0.39, 0.29) is 6.04 Å². The third-order valence-corrected chi connectivity index (χ3v) is 7.56. The van der Waals surface area contributed by atoms with Crippen LogP contribution in [0.5, 0.6) is 5.75 Å². The second-order valence-electron chi connectivity index (χ2n) is 9.60. The van der Waals surface area contributed by atoms with Crippen LogP contribution in [0.2, 0.25) is 5.02 Å². The van der Waals surface area contributed by atoms with Crippen molar-refractivity contribution in [1.29, 1.82) is 0 Å². The number of carboxylic acid groups (broad SMARTS) is 1. The number of nitrogens with zero attached hydrogens (tertiary/aromatic N) is 5. The fourth-order valence-electron chi connectivity index (χ4n) is 5.21. The molecule has 5 rings (SSSR count). The number of anilines is 1. The van der Waals surface area contributed by atoms with Gasteiger partial charge in [0.05, 0.1) is 29.4 Å². The summed E-state index contributed by atoms with van der Waals surface area (Å²) in [5.41, 5.74) is 7.03. The van der Waals surface area contributed by atoms with Crippen LogP contribution in [0.25, 0.3) is 21.8 Å². The molecule has 1 aliphatic rings. The lowest BCUT2D eigenvalue weighted by atomic mass is 9.69. The Morgan fingerprint density at radius 1 is 1.27 bits per heavy atom. The van der Waals surface area contributed by atoms with Crippen molar-refractivity contribution >= 4 is 45.2 Å². The first-order valence-corrected chi connectivity index (χ1v) is 12.8. The second kappa shape index (κ2) is 10.1. The predicted octanol–water partition coefficient (Wildman–Crippen LogP) is 4.28. The summed E-state index contributed by atoms with van der Waals surface area (Å²) in [5, 5.41) is 30.1. The number of carbonyl (C=O) groups is 1. The average Bonchev–Trinajstić information content (AvgIpc) is 3.31. The van der Waals surface area contributed by atoms with E-state index in [2.05, 4.69) is 27.5 Å². The molecule has 11 heteroatoms. The van der Waals surface area contributed by atoms with E-state index in [1.54, 1.807) is 19.5 Å². The van der Waals surface area contributed by atoms with Gasteiger partial charge < -0.3 is 20.9 Å². The quantitative estimate of drug-likeness (QED) is 0.308. The molecule has 0 unspecified atom stereocenters. The fraction of sp³-hybridized carbons (Fsp3) is 0.423. The monoisotopic (exact) mass is 523 g/mol. The number of aliphatic carboxylic acids is 1. The number of halogens is 1. The SMILES string of the molecule is CCCn1ncc2c3c(NCc4ccc(OC)c(Cl)c4)nnc(C4(C(=O)O)CCC(N)CC4)c3cnc21. The maximum Gasteiger partial charge on any atom is 0.315 e. The molecular formula is C26H30ClN7O3. The van der Waals surface area contributed by atoms with Crippen molar-refractivity contribution in [2.45, 2.75) is 63.6 Å². The summed E-state index contributed by atoms with van der Waals surface area (Å²) in [4.78, 5) is 17.4. The number of aryl methyl sites for hydroxylation is 1. The molecule has 4 aromatic rings. The number of ether oxygens (including phenoxy) is 1. The van der Waals surface area contributed by atoms with Crippen molar-refractivity contribution in [3.8, 4) is 5.75 Å². The van der Waals surface area contributed by atoms with Gasteiger partial charge >= 0.3 is 5.97 Å². The summed E-state index contributed by atoms with van der Waals surface area (Å²) >= 11 is 6.31. The van der Waals surface area contributed by atoms with Gasteiger partial charge in [-0.05, 0) is 49.8 Å². The highest BCUT2D eigenvalue weighted by Gasteiger charge is 2.46. The molecule has 0 spiro atoms. The number of rotatable bonds is 8. The lowest BCUT2D eigenvalue weighted by Crippen LogP contribution is -2.43. The van der Waals surface area contributed by atoms with Crippen LogP contribution in [0.4, 0.5) is 5.82 Å². The number of hydrogen-bond acceptors (Lipinski definition) is 8. The van der Waals surface area contributed by atoms with Crippen LogP contribution < -0.4 is 15.8 Å². The Hall–Kier alpha value is -3.50. The molecule has 1 saturated carbocycles. The largest absolute Gasteiger partial charge is 0.495 e. The minimum absolute atomic E-state index is 0.0129. The van der Waals surface area contributed by atoms with Crippen LogP contribution in [0.15, 0.2) is 30.6 Å². The van der Waals surface area contributed by atoms with Gasteiger partial charge in [0.15, 0.2) is 11.5 Å². The summed E-state index contributed by atoms with van der Waals surface area (Å²) in [7, 11) is 1.57. The Morgan fingerprint density at radius 3 is 2.73 bits per heavy atom. The number of fused-ring (bicyclic) bond motifs is 3. The first-order chi connectivity index (χ1) is 17.9. The Labute approximate surface area is 219 Å². The number of hydrogen-bond donors (Lipinski definition) is 3. The number of nitrogens with two attached hydrogens (primary N) is 1. The molecule has 0 saturated heterocycles. The number of carboxylic acids is 1. The van der Waals surface area contributed by atoms with Gasteiger partial charge in [-0.1, -0.05) is 24.6 Å². The van der Waals surface area contributed by atoms with Gasteiger partial charge in [-0.15, -0.1) is 5.10 Å². The maximum absolute atomic E-state index is 12.7. The number of methoxy groups -OCH3 is 1.